The first kappa shape index (κ1) is 13.2. The van der Waals surface area contributed by atoms with Crippen LogP contribution in [0.4, 0.5) is 5.69 Å². The highest BCUT2D eigenvalue weighted by Crippen LogP contribution is 2.30. The average Bonchev–Trinajstić information content (AvgIpc) is 2.40. The van der Waals surface area contributed by atoms with Gasteiger partial charge in [-0.3, -0.25) is 4.98 Å². The number of nitrogens with zero attached hydrogens (tertiary/aromatic N) is 1. The van der Waals surface area contributed by atoms with Gasteiger partial charge in [-0.05, 0) is 25.2 Å². The molecule has 1 fully saturated rings. The highest BCUT2D eigenvalue weighted by Gasteiger charge is 2.25. The molecule has 2 atom stereocenters. The van der Waals surface area contributed by atoms with Crippen LogP contribution in [0.1, 0.15) is 36.0 Å². The maximum atomic E-state index is 11.1. The summed E-state index contributed by atoms with van der Waals surface area (Å²) in [6.45, 7) is 0. The number of anilines is 1. The summed E-state index contributed by atoms with van der Waals surface area (Å²) in [7, 11) is 0. The third kappa shape index (κ3) is 2.96. The molecule has 1 aromatic rings. The van der Waals surface area contributed by atoms with Crippen LogP contribution in [0.5, 0.6) is 0 Å². The molecule has 1 heterocycles. The van der Waals surface area contributed by atoms with Crippen LogP contribution in [-0.4, -0.2) is 33.6 Å². The molecule has 0 saturated heterocycles. The molecule has 2 rings (SSSR count). The second-order valence-corrected chi connectivity index (χ2v) is 5.61. The number of rotatable bonds is 4. The van der Waals surface area contributed by atoms with Crippen molar-refractivity contribution in [3.05, 3.63) is 24.0 Å². The van der Waals surface area contributed by atoms with Gasteiger partial charge in [-0.2, -0.15) is 11.8 Å². The van der Waals surface area contributed by atoms with Crippen LogP contribution in [-0.2, 0) is 0 Å². The van der Waals surface area contributed by atoms with E-state index in [1.807, 2.05) is 11.8 Å². The van der Waals surface area contributed by atoms with E-state index in [0.717, 1.165) is 6.42 Å². The van der Waals surface area contributed by atoms with Gasteiger partial charge in [0.05, 0.1) is 17.4 Å². The van der Waals surface area contributed by atoms with E-state index in [-0.39, 0.29) is 0 Å². The monoisotopic (exact) mass is 266 g/mol. The third-order valence-corrected chi connectivity index (χ3v) is 4.57. The van der Waals surface area contributed by atoms with Crippen molar-refractivity contribution in [2.45, 2.75) is 37.0 Å². The number of aromatic nitrogens is 1. The van der Waals surface area contributed by atoms with Gasteiger partial charge in [0, 0.05) is 17.5 Å². The molecule has 1 aromatic heterocycles. The Bertz CT molecular complexity index is 425. The molecule has 1 aliphatic rings. The summed E-state index contributed by atoms with van der Waals surface area (Å²) >= 11 is 1.86. The van der Waals surface area contributed by atoms with Crippen molar-refractivity contribution >= 4 is 23.4 Å². The molecule has 0 radical (unpaired) electrons. The summed E-state index contributed by atoms with van der Waals surface area (Å²) in [4.78, 5) is 15.2. The molecule has 0 bridgehead atoms. The van der Waals surface area contributed by atoms with E-state index in [0.29, 0.717) is 22.5 Å². The van der Waals surface area contributed by atoms with Crippen molar-refractivity contribution in [2.75, 3.05) is 11.6 Å². The fraction of sp³-hybridized carbons (Fsp3) is 0.538. The number of carboxylic acids is 1. The van der Waals surface area contributed by atoms with Gasteiger partial charge < -0.3 is 10.4 Å². The molecule has 0 spiro atoms. The van der Waals surface area contributed by atoms with Crippen LogP contribution in [0.25, 0.3) is 0 Å². The van der Waals surface area contributed by atoms with Crippen LogP contribution in [0.2, 0.25) is 0 Å². The summed E-state index contributed by atoms with van der Waals surface area (Å²) in [5.74, 6) is -0.906. The van der Waals surface area contributed by atoms with Crippen molar-refractivity contribution in [3.8, 4) is 0 Å². The van der Waals surface area contributed by atoms with E-state index in [2.05, 4.69) is 16.6 Å². The lowest BCUT2D eigenvalue weighted by Gasteiger charge is -2.31. The van der Waals surface area contributed by atoms with Crippen molar-refractivity contribution in [1.82, 2.24) is 4.98 Å². The molecule has 0 aliphatic heterocycles. The molecular weight excluding hydrogens is 248 g/mol. The SMILES string of the molecule is CSC1CCCCC1Nc1cnccc1C(=O)O. The Morgan fingerprint density at radius 2 is 2.28 bits per heavy atom. The normalized spacial score (nSPS) is 23.6. The van der Waals surface area contributed by atoms with Gasteiger partial charge in [0.25, 0.3) is 0 Å². The molecule has 0 aromatic carbocycles. The van der Waals surface area contributed by atoms with E-state index in [1.54, 1.807) is 12.3 Å². The Kier molecular flexibility index (Phi) is 4.47. The lowest BCUT2D eigenvalue weighted by Crippen LogP contribution is -2.34. The minimum atomic E-state index is -0.906. The number of thioether (sulfide) groups is 1. The Labute approximate surface area is 111 Å². The lowest BCUT2D eigenvalue weighted by molar-refractivity contribution is 0.0697. The topological polar surface area (TPSA) is 62.2 Å². The molecule has 4 nitrogen and oxygen atoms in total. The second kappa shape index (κ2) is 6.09. The van der Waals surface area contributed by atoms with Crippen molar-refractivity contribution in [3.63, 3.8) is 0 Å². The Morgan fingerprint density at radius 3 is 3.00 bits per heavy atom. The fourth-order valence-corrected chi connectivity index (χ4v) is 3.37. The zero-order chi connectivity index (χ0) is 13.0. The number of hydrogen-bond acceptors (Lipinski definition) is 4. The predicted octanol–water partition coefficient (Wildman–Crippen LogP) is 2.87. The van der Waals surface area contributed by atoms with Crippen LogP contribution < -0.4 is 5.32 Å². The van der Waals surface area contributed by atoms with E-state index in [1.165, 1.54) is 25.5 Å². The van der Waals surface area contributed by atoms with Gasteiger partial charge in [-0.1, -0.05) is 12.8 Å². The summed E-state index contributed by atoms with van der Waals surface area (Å²) in [5, 5.41) is 13.1. The number of aromatic carboxylic acids is 1. The van der Waals surface area contributed by atoms with Gasteiger partial charge in [-0.15, -0.1) is 0 Å². The molecule has 2 N–H and O–H groups in total. The number of pyridine rings is 1. The van der Waals surface area contributed by atoms with E-state index in [4.69, 9.17) is 5.11 Å². The highest BCUT2D eigenvalue weighted by molar-refractivity contribution is 7.99. The van der Waals surface area contributed by atoms with Crippen LogP contribution in [0, 0.1) is 0 Å². The molecule has 1 saturated carbocycles. The van der Waals surface area contributed by atoms with E-state index >= 15 is 0 Å². The lowest BCUT2D eigenvalue weighted by atomic mass is 9.94. The molecular formula is C13H18N2O2S. The quantitative estimate of drug-likeness (QED) is 0.877. The molecule has 98 valence electrons. The summed E-state index contributed by atoms with van der Waals surface area (Å²) < 4.78 is 0. The minimum Gasteiger partial charge on any atom is -0.478 e. The van der Waals surface area contributed by atoms with Gasteiger partial charge in [0.2, 0.25) is 0 Å². The van der Waals surface area contributed by atoms with Crippen LogP contribution >= 0.6 is 11.8 Å². The second-order valence-electron chi connectivity index (χ2n) is 4.54. The molecule has 18 heavy (non-hydrogen) atoms. The maximum Gasteiger partial charge on any atom is 0.337 e. The summed E-state index contributed by atoms with van der Waals surface area (Å²) in [6.07, 6.45) is 10.0. The first-order valence-corrected chi connectivity index (χ1v) is 7.48. The van der Waals surface area contributed by atoms with E-state index in [9.17, 15) is 4.79 Å². The molecule has 5 heteroatoms. The molecule has 2 unspecified atom stereocenters. The zero-order valence-corrected chi connectivity index (χ0v) is 11.2. The number of nitrogens with one attached hydrogen (secondary N) is 1. The maximum absolute atomic E-state index is 11.1. The smallest absolute Gasteiger partial charge is 0.337 e. The van der Waals surface area contributed by atoms with Gasteiger partial charge in [0.15, 0.2) is 0 Å². The molecule has 0 amide bonds. The largest absolute Gasteiger partial charge is 0.478 e. The Morgan fingerprint density at radius 1 is 1.50 bits per heavy atom. The average molecular weight is 266 g/mol. The minimum absolute atomic E-state index is 0.301. The first-order chi connectivity index (χ1) is 8.72. The van der Waals surface area contributed by atoms with Crippen molar-refractivity contribution in [1.29, 1.82) is 0 Å². The van der Waals surface area contributed by atoms with E-state index < -0.39 is 5.97 Å². The van der Waals surface area contributed by atoms with Gasteiger partial charge in [-0.25, -0.2) is 4.79 Å². The highest BCUT2D eigenvalue weighted by atomic mass is 32.2. The zero-order valence-electron chi connectivity index (χ0n) is 10.4. The Balaban J connectivity index is 2.15. The summed E-state index contributed by atoms with van der Waals surface area (Å²) in [5.41, 5.74) is 0.936. The molecule has 1 aliphatic carbocycles. The van der Waals surface area contributed by atoms with Crippen molar-refractivity contribution in [2.24, 2.45) is 0 Å². The van der Waals surface area contributed by atoms with Crippen LogP contribution in [0.3, 0.4) is 0 Å². The predicted molar refractivity (Wildman–Crippen MR) is 74.4 cm³/mol. The summed E-state index contributed by atoms with van der Waals surface area (Å²) in [6, 6.07) is 1.89. The number of hydrogen-bond donors (Lipinski definition) is 2. The number of carbonyl (C=O) groups is 1. The van der Waals surface area contributed by atoms with Gasteiger partial charge >= 0.3 is 5.97 Å². The fourth-order valence-electron chi connectivity index (χ4n) is 2.44. The standard InChI is InChI=1S/C13H18N2O2S/c1-18-12-5-3-2-4-10(12)15-11-8-14-7-6-9(11)13(16)17/h6-8,10,12,15H,2-5H2,1H3,(H,16,17). The Hall–Kier alpha value is -1.23. The third-order valence-electron chi connectivity index (χ3n) is 3.40. The first-order valence-electron chi connectivity index (χ1n) is 6.19. The number of carboxylic acid groups (broad SMARTS) is 1. The van der Waals surface area contributed by atoms with Crippen molar-refractivity contribution < 1.29 is 9.90 Å². The van der Waals surface area contributed by atoms with Gasteiger partial charge in [0.1, 0.15) is 0 Å². The van der Waals surface area contributed by atoms with Crippen LogP contribution in [0.15, 0.2) is 18.5 Å².